The van der Waals surface area contributed by atoms with E-state index >= 15 is 0 Å². The molecule has 2 rings (SSSR count). The van der Waals surface area contributed by atoms with Gasteiger partial charge in [0.1, 0.15) is 0 Å². The average molecular weight is 282 g/mol. The fourth-order valence-electron chi connectivity index (χ4n) is 2.32. The van der Waals surface area contributed by atoms with Gasteiger partial charge in [-0.1, -0.05) is 44.2 Å². The zero-order valence-corrected chi connectivity index (χ0v) is 12.8. The largest absolute Gasteiger partial charge is 0.263 e. The Balaban J connectivity index is 2.52. The maximum atomic E-state index is 8.86. The molecule has 102 valence electrons. The quantitative estimate of drug-likeness (QED) is 0.745. The van der Waals surface area contributed by atoms with Crippen LogP contribution in [0.2, 0.25) is 0 Å². The van der Waals surface area contributed by atoms with E-state index < -0.39 is 7.05 Å². The molecule has 0 unspecified atom stereocenters. The summed E-state index contributed by atoms with van der Waals surface area (Å²) >= 11 is 0. The third kappa shape index (κ3) is 3.00. The summed E-state index contributed by atoms with van der Waals surface area (Å²) in [5.41, 5.74) is 1.66. The van der Waals surface area contributed by atoms with Gasteiger partial charge in [-0.2, -0.15) is 5.26 Å². The monoisotopic (exact) mass is 282 g/mol. The van der Waals surface area contributed by atoms with Crippen LogP contribution >= 0.6 is 7.05 Å². The van der Waals surface area contributed by atoms with Crippen molar-refractivity contribution in [3.8, 4) is 6.07 Å². The van der Waals surface area contributed by atoms with Gasteiger partial charge in [-0.15, -0.1) is 0 Å². The predicted octanol–water partition coefficient (Wildman–Crippen LogP) is 4.76. The van der Waals surface area contributed by atoms with Gasteiger partial charge in [0.2, 0.25) is 0 Å². The molecule has 0 atom stereocenters. The Morgan fingerprint density at radius 1 is 0.950 bits per heavy atom. The second kappa shape index (κ2) is 6.55. The van der Waals surface area contributed by atoms with Gasteiger partial charge in [0.25, 0.3) is 0 Å². The van der Waals surface area contributed by atoms with Crippen molar-refractivity contribution in [2.45, 2.75) is 13.8 Å². The first-order valence-electron chi connectivity index (χ1n) is 6.90. The summed E-state index contributed by atoms with van der Waals surface area (Å²) in [6.07, 6.45) is 2.13. The standard InChI is InChI=1S/C17H19N2P/c1-3-20(4-2,17-8-6-5-7-9-17)19-16-12-10-15(14-18)11-13-16/h5-13H,3-4H2,1-2H3. The predicted molar refractivity (Wildman–Crippen MR) is 87.3 cm³/mol. The van der Waals surface area contributed by atoms with E-state index in [1.807, 2.05) is 30.3 Å². The van der Waals surface area contributed by atoms with Gasteiger partial charge >= 0.3 is 0 Å². The van der Waals surface area contributed by atoms with Gasteiger partial charge < -0.3 is 0 Å². The SMILES string of the molecule is CCP(CC)(=Nc1ccc(C#N)cc1)c1ccccc1. The van der Waals surface area contributed by atoms with Crippen LogP contribution in [0.25, 0.3) is 0 Å². The molecule has 0 bridgehead atoms. The van der Waals surface area contributed by atoms with Crippen molar-refractivity contribution >= 4 is 18.0 Å². The fourth-order valence-corrected chi connectivity index (χ4v) is 5.20. The van der Waals surface area contributed by atoms with E-state index in [0.717, 1.165) is 18.0 Å². The van der Waals surface area contributed by atoms with Gasteiger partial charge in [0, 0.05) is 7.05 Å². The number of benzene rings is 2. The second-order valence-corrected chi connectivity index (χ2v) is 8.48. The first kappa shape index (κ1) is 14.6. The molecular weight excluding hydrogens is 263 g/mol. The molecule has 2 nitrogen and oxygen atoms in total. The Kier molecular flexibility index (Phi) is 4.77. The topological polar surface area (TPSA) is 36.1 Å². The van der Waals surface area contributed by atoms with E-state index in [4.69, 9.17) is 10.0 Å². The lowest BCUT2D eigenvalue weighted by Gasteiger charge is -2.22. The van der Waals surface area contributed by atoms with E-state index in [0.29, 0.717) is 5.56 Å². The van der Waals surface area contributed by atoms with Crippen molar-refractivity contribution in [1.82, 2.24) is 0 Å². The Labute approximate surface area is 121 Å². The first-order valence-corrected chi connectivity index (χ1v) is 9.01. The molecule has 0 N–H and O–H groups in total. The molecule has 2 aromatic carbocycles. The van der Waals surface area contributed by atoms with E-state index in [1.54, 1.807) is 0 Å². The molecule has 0 aliphatic rings. The van der Waals surface area contributed by atoms with E-state index in [1.165, 1.54) is 5.30 Å². The lowest BCUT2D eigenvalue weighted by Crippen LogP contribution is -2.08. The summed E-state index contributed by atoms with van der Waals surface area (Å²) in [7, 11) is -1.51. The first-order chi connectivity index (χ1) is 9.74. The molecule has 0 radical (unpaired) electrons. The van der Waals surface area contributed by atoms with Crippen molar-refractivity contribution in [1.29, 1.82) is 5.26 Å². The third-order valence-electron chi connectivity index (χ3n) is 3.59. The molecule has 0 fully saturated rings. The molecule has 0 aromatic heterocycles. The highest BCUT2D eigenvalue weighted by molar-refractivity contribution is 7.73. The molecule has 0 saturated carbocycles. The number of nitrogens with zero attached hydrogens (tertiary/aromatic N) is 2. The summed E-state index contributed by atoms with van der Waals surface area (Å²) in [6, 6.07) is 20.3. The van der Waals surface area contributed by atoms with Crippen LogP contribution in [0.4, 0.5) is 5.69 Å². The molecule has 0 spiro atoms. The Bertz CT molecular complexity index is 644. The molecular formula is C17H19N2P. The third-order valence-corrected chi connectivity index (χ3v) is 7.55. The molecule has 0 saturated heterocycles. The maximum Gasteiger partial charge on any atom is 0.0991 e. The Morgan fingerprint density at radius 3 is 2.05 bits per heavy atom. The summed E-state index contributed by atoms with van der Waals surface area (Å²) in [6.45, 7) is 4.44. The molecule has 20 heavy (non-hydrogen) atoms. The van der Waals surface area contributed by atoms with Crippen molar-refractivity contribution in [3.05, 3.63) is 60.2 Å². The number of hydrogen-bond donors (Lipinski definition) is 0. The van der Waals surface area contributed by atoms with Crippen LogP contribution in [-0.2, 0) is 0 Å². The highest BCUT2D eigenvalue weighted by atomic mass is 31.2. The number of hydrogen-bond acceptors (Lipinski definition) is 2. The van der Waals surface area contributed by atoms with Crippen LogP contribution in [0, 0.1) is 11.3 Å². The minimum absolute atomic E-state index is 0.681. The molecule has 0 aliphatic carbocycles. The summed E-state index contributed by atoms with van der Waals surface area (Å²) in [4.78, 5) is 0. The highest BCUT2D eigenvalue weighted by Gasteiger charge is 2.17. The lowest BCUT2D eigenvalue weighted by molar-refractivity contribution is 1.37. The van der Waals surface area contributed by atoms with Gasteiger partial charge in [-0.3, -0.25) is 4.74 Å². The summed E-state index contributed by atoms with van der Waals surface area (Å²) < 4.78 is 5.07. The zero-order chi connectivity index (χ0) is 14.4. The Morgan fingerprint density at radius 2 is 1.55 bits per heavy atom. The summed E-state index contributed by atoms with van der Waals surface area (Å²) in [5.74, 6) is 0. The van der Waals surface area contributed by atoms with Gasteiger partial charge in [0.05, 0.1) is 17.3 Å². The van der Waals surface area contributed by atoms with Crippen LogP contribution in [-0.4, -0.2) is 12.3 Å². The average Bonchev–Trinajstić information content (AvgIpc) is 2.54. The normalized spacial score (nSPS) is 10.8. The van der Waals surface area contributed by atoms with E-state index in [9.17, 15) is 0 Å². The van der Waals surface area contributed by atoms with Gasteiger partial charge in [-0.25, -0.2) is 0 Å². The molecule has 0 aliphatic heterocycles. The molecule has 0 amide bonds. The molecule has 2 aromatic rings. The zero-order valence-electron chi connectivity index (χ0n) is 12.0. The second-order valence-electron chi connectivity index (χ2n) is 4.65. The van der Waals surface area contributed by atoms with Crippen LogP contribution in [0.3, 0.4) is 0 Å². The van der Waals surface area contributed by atoms with Crippen LogP contribution < -0.4 is 5.30 Å². The van der Waals surface area contributed by atoms with E-state index in [-0.39, 0.29) is 0 Å². The van der Waals surface area contributed by atoms with Crippen LogP contribution in [0.5, 0.6) is 0 Å². The van der Waals surface area contributed by atoms with Crippen molar-refractivity contribution in [2.24, 2.45) is 4.74 Å². The molecule has 3 heteroatoms. The van der Waals surface area contributed by atoms with Crippen LogP contribution in [0.1, 0.15) is 19.4 Å². The molecule has 0 heterocycles. The van der Waals surface area contributed by atoms with Crippen molar-refractivity contribution in [2.75, 3.05) is 12.3 Å². The van der Waals surface area contributed by atoms with E-state index in [2.05, 4.69) is 44.2 Å². The van der Waals surface area contributed by atoms with Gasteiger partial charge in [-0.05, 0) is 41.9 Å². The van der Waals surface area contributed by atoms with Gasteiger partial charge in [0.15, 0.2) is 0 Å². The Hall–Kier alpha value is -1.84. The number of nitriles is 1. The maximum absolute atomic E-state index is 8.86. The lowest BCUT2D eigenvalue weighted by atomic mass is 10.2. The fraction of sp³-hybridized carbons (Fsp3) is 0.235. The van der Waals surface area contributed by atoms with Crippen LogP contribution in [0.15, 0.2) is 59.3 Å². The highest BCUT2D eigenvalue weighted by Crippen LogP contribution is 2.50. The smallest absolute Gasteiger partial charge is 0.0991 e. The number of rotatable bonds is 4. The minimum atomic E-state index is -1.51. The van der Waals surface area contributed by atoms with Crippen molar-refractivity contribution in [3.63, 3.8) is 0 Å². The summed E-state index contributed by atoms with van der Waals surface area (Å²) in [5, 5.41) is 10.2. The van der Waals surface area contributed by atoms with Crippen molar-refractivity contribution < 1.29 is 0 Å². The minimum Gasteiger partial charge on any atom is -0.263 e.